The first-order valence-corrected chi connectivity index (χ1v) is 5.59. The molecule has 1 spiro atoms. The van der Waals surface area contributed by atoms with Crippen LogP contribution in [0.3, 0.4) is 0 Å². The van der Waals surface area contributed by atoms with Crippen LogP contribution in [0.4, 0.5) is 10.6 Å². The number of carbonyl (C=O) groups is 2. The van der Waals surface area contributed by atoms with Crippen LogP contribution in [-0.2, 0) is 0 Å². The summed E-state index contributed by atoms with van der Waals surface area (Å²) in [4.78, 5) is 27.9. The molecule has 0 bridgehead atoms. The molecule has 2 fully saturated rings. The van der Waals surface area contributed by atoms with E-state index in [1.807, 2.05) is 4.90 Å². The number of pyridine rings is 1. The van der Waals surface area contributed by atoms with Crippen molar-refractivity contribution in [2.24, 2.45) is 0 Å². The lowest BCUT2D eigenvalue weighted by molar-refractivity contribution is 0.0690. The zero-order chi connectivity index (χ0) is 12.8. The fourth-order valence-corrected chi connectivity index (χ4v) is 2.33. The van der Waals surface area contributed by atoms with Gasteiger partial charge in [0.05, 0.1) is 5.54 Å². The number of anilines is 1. The number of aromatic nitrogens is 1. The third-order valence-corrected chi connectivity index (χ3v) is 3.23. The second kappa shape index (κ2) is 3.59. The molecule has 0 radical (unpaired) electrons. The highest BCUT2D eigenvalue weighted by Crippen LogP contribution is 2.27. The summed E-state index contributed by atoms with van der Waals surface area (Å²) >= 11 is 0. The van der Waals surface area contributed by atoms with Crippen LogP contribution >= 0.6 is 0 Å². The number of carbonyl (C=O) groups excluding carboxylic acids is 1. The molecule has 0 saturated carbocycles. The molecule has 3 N–H and O–H groups in total. The van der Waals surface area contributed by atoms with Gasteiger partial charge in [-0.3, -0.25) is 0 Å². The van der Waals surface area contributed by atoms with Gasteiger partial charge in [-0.05, 0) is 12.1 Å². The van der Waals surface area contributed by atoms with E-state index in [1.54, 1.807) is 12.1 Å². The van der Waals surface area contributed by atoms with Crippen LogP contribution in [0.1, 0.15) is 10.5 Å². The average molecular weight is 248 g/mol. The minimum Gasteiger partial charge on any atom is -0.477 e. The van der Waals surface area contributed by atoms with Crippen LogP contribution < -0.4 is 15.5 Å². The number of carboxylic acid groups (broad SMARTS) is 1. The first-order chi connectivity index (χ1) is 8.58. The van der Waals surface area contributed by atoms with Crippen LogP contribution in [0.2, 0.25) is 0 Å². The van der Waals surface area contributed by atoms with Crippen molar-refractivity contribution in [2.45, 2.75) is 5.54 Å². The number of urea groups is 1. The molecule has 0 atom stereocenters. The highest BCUT2D eigenvalue weighted by atomic mass is 16.4. The summed E-state index contributed by atoms with van der Waals surface area (Å²) in [6, 6.07) is 4.74. The highest BCUT2D eigenvalue weighted by Gasteiger charge is 2.48. The number of nitrogens with one attached hydrogen (secondary N) is 2. The SMILES string of the molecule is O=C1NCC2(CN(c3cccc(C(=O)O)n3)C2)N1. The summed E-state index contributed by atoms with van der Waals surface area (Å²) in [6.07, 6.45) is 0. The summed E-state index contributed by atoms with van der Waals surface area (Å²) in [5.41, 5.74) is -0.195. The molecule has 2 amide bonds. The van der Waals surface area contributed by atoms with E-state index in [4.69, 9.17) is 5.11 Å². The number of rotatable bonds is 2. The smallest absolute Gasteiger partial charge is 0.354 e. The molecule has 7 heteroatoms. The molecule has 0 aliphatic carbocycles. The van der Waals surface area contributed by atoms with E-state index in [9.17, 15) is 9.59 Å². The van der Waals surface area contributed by atoms with Crippen molar-refractivity contribution < 1.29 is 14.7 Å². The standard InChI is InChI=1S/C11H12N4O3/c16-9(17)7-2-1-3-8(13-7)15-5-11(6-15)4-12-10(18)14-11/h1-3H,4-6H2,(H,16,17)(H2,12,14,18). The molecule has 2 aliphatic heterocycles. The van der Waals surface area contributed by atoms with Crippen LogP contribution in [-0.4, -0.2) is 47.3 Å². The Balaban J connectivity index is 1.73. The van der Waals surface area contributed by atoms with Crippen LogP contribution in [0.5, 0.6) is 0 Å². The Hall–Kier alpha value is -2.31. The Morgan fingerprint density at radius 3 is 2.83 bits per heavy atom. The second-order valence-corrected chi connectivity index (χ2v) is 4.63. The van der Waals surface area contributed by atoms with Crippen molar-refractivity contribution in [3.63, 3.8) is 0 Å². The normalized spacial score (nSPS) is 20.2. The van der Waals surface area contributed by atoms with E-state index in [1.165, 1.54) is 6.07 Å². The average Bonchev–Trinajstić information content (AvgIpc) is 2.70. The molecule has 0 unspecified atom stereocenters. The van der Waals surface area contributed by atoms with E-state index < -0.39 is 5.97 Å². The van der Waals surface area contributed by atoms with Gasteiger partial charge in [-0.25, -0.2) is 14.6 Å². The molecule has 1 aromatic rings. The summed E-state index contributed by atoms with van der Waals surface area (Å²) in [7, 11) is 0. The van der Waals surface area contributed by atoms with Crippen molar-refractivity contribution in [1.82, 2.24) is 15.6 Å². The van der Waals surface area contributed by atoms with E-state index in [0.717, 1.165) is 0 Å². The number of hydrogen-bond donors (Lipinski definition) is 3. The van der Waals surface area contributed by atoms with Gasteiger partial charge in [-0.15, -0.1) is 0 Å². The number of nitrogens with zero attached hydrogens (tertiary/aromatic N) is 2. The molecule has 18 heavy (non-hydrogen) atoms. The molecule has 0 aromatic carbocycles. The van der Waals surface area contributed by atoms with Crippen LogP contribution in [0, 0.1) is 0 Å². The van der Waals surface area contributed by atoms with Gasteiger partial charge < -0.3 is 20.6 Å². The summed E-state index contributed by atoms with van der Waals surface area (Å²) < 4.78 is 0. The van der Waals surface area contributed by atoms with Gasteiger partial charge in [0.2, 0.25) is 0 Å². The molecular formula is C11H12N4O3. The molecule has 2 saturated heterocycles. The molecule has 1 aromatic heterocycles. The summed E-state index contributed by atoms with van der Waals surface area (Å²) in [5.74, 6) is -0.412. The van der Waals surface area contributed by atoms with Gasteiger partial charge in [0.25, 0.3) is 0 Å². The first-order valence-electron chi connectivity index (χ1n) is 5.59. The van der Waals surface area contributed by atoms with Crippen molar-refractivity contribution in [1.29, 1.82) is 0 Å². The maximum atomic E-state index is 11.1. The number of aromatic carboxylic acids is 1. The van der Waals surface area contributed by atoms with Crippen molar-refractivity contribution in [3.05, 3.63) is 23.9 Å². The Bertz CT molecular complexity index is 525. The fraction of sp³-hybridized carbons (Fsp3) is 0.364. The highest BCUT2D eigenvalue weighted by molar-refractivity contribution is 5.85. The Labute approximate surface area is 103 Å². The van der Waals surface area contributed by atoms with Gasteiger partial charge >= 0.3 is 12.0 Å². The van der Waals surface area contributed by atoms with E-state index >= 15 is 0 Å². The van der Waals surface area contributed by atoms with E-state index in [-0.39, 0.29) is 17.3 Å². The fourth-order valence-electron chi connectivity index (χ4n) is 2.33. The zero-order valence-electron chi connectivity index (χ0n) is 9.51. The van der Waals surface area contributed by atoms with Crippen LogP contribution in [0.15, 0.2) is 18.2 Å². The lowest BCUT2D eigenvalue weighted by Gasteiger charge is -2.47. The van der Waals surface area contributed by atoms with E-state index in [0.29, 0.717) is 25.5 Å². The predicted molar refractivity (Wildman–Crippen MR) is 62.7 cm³/mol. The topological polar surface area (TPSA) is 94.6 Å². The number of carboxylic acids is 1. The van der Waals surface area contributed by atoms with Gasteiger partial charge in [0.1, 0.15) is 5.82 Å². The Morgan fingerprint density at radius 2 is 2.22 bits per heavy atom. The third-order valence-electron chi connectivity index (χ3n) is 3.23. The monoisotopic (exact) mass is 248 g/mol. The molecule has 94 valence electrons. The lowest BCUT2D eigenvalue weighted by Crippen LogP contribution is -2.69. The minimum atomic E-state index is -1.04. The molecule has 2 aliphatic rings. The maximum absolute atomic E-state index is 11.1. The summed E-state index contributed by atoms with van der Waals surface area (Å²) in [6.45, 7) is 1.88. The van der Waals surface area contributed by atoms with Gasteiger partial charge in [0.15, 0.2) is 5.69 Å². The third kappa shape index (κ3) is 1.64. The predicted octanol–water partition coefficient (Wildman–Crippen LogP) is -0.349. The zero-order valence-corrected chi connectivity index (χ0v) is 9.51. The number of hydrogen-bond acceptors (Lipinski definition) is 4. The van der Waals surface area contributed by atoms with Crippen LogP contribution in [0.25, 0.3) is 0 Å². The Kier molecular flexibility index (Phi) is 2.16. The molecule has 7 nitrogen and oxygen atoms in total. The molecule has 3 rings (SSSR count). The summed E-state index contributed by atoms with van der Waals surface area (Å²) in [5, 5.41) is 14.5. The van der Waals surface area contributed by atoms with Gasteiger partial charge in [-0.1, -0.05) is 6.07 Å². The molecular weight excluding hydrogens is 236 g/mol. The van der Waals surface area contributed by atoms with Gasteiger partial charge in [0, 0.05) is 19.6 Å². The molecule has 3 heterocycles. The first kappa shape index (κ1) is 10.8. The minimum absolute atomic E-state index is 0.0297. The van der Waals surface area contributed by atoms with Crippen molar-refractivity contribution in [3.8, 4) is 0 Å². The maximum Gasteiger partial charge on any atom is 0.354 e. The van der Waals surface area contributed by atoms with Gasteiger partial charge in [-0.2, -0.15) is 0 Å². The second-order valence-electron chi connectivity index (χ2n) is 4.63. The van der Waals surface area contributed by atoms with E-state index in [2.05, 4.69) is 15.6 Å². The number of amides is 2. The quantitative estimate of drug-likeness (QED) is 0.665. The van der Waals surface area contributed by atoms with Crippen molar-refractivity contribution >= 4 is 17.8 Å². The Morgan fingerprint density at radius 1 is 1.44 bits per heavy atom. The largest absolute Gasteiger partial charge is 0.477 e. The lowest BCUT2D eigenvalue weighted by atomic mass is 9.91. The van der Waals surface area contributed by atoms with Crippen molar-refractivity contribution in [2.75, 3.05) is 24.5 Å².